The molecule has 0 amide bonds. The number of nitriles is 1. The molecule has 0 aromatic heterocycles. The van der Waals surface area contributed by atoms with E-state index >= 15 is 0 Å². The van der Waals surface area contributed by atoms with Gasteiger partial charge < -0.3 is 4.90 Å². The Hall–Kier alpha value is -1.89. The van der Waals surface area contributed by atoms with Gasteiger partial charge in [0.15, 0.2) is 5.78 Å². The summed E-state index contributed by atoms with van der Waals surface area (Å²) in [7, 11) is 0. The molecule has 0 atom stereocenters. The highest BCUT2D eigenvalue weighted by Crippen LogP contribution is 2.31. The van der Waals surface area contributed by atoms with Crippen molar-refractivity contribution in [2.75, 3.05) is 18.0 Å². The molecule has 2 rings (SSSR count). The van der Waals surface area contributed by atoms with E-state index in [4.69, 9.17) is 5.26 Å². The van der Waals surface area contributed by atoms with E-state index in [0.717, 1.165) is 24.1 Å². The number of benzene rings is 1. The van der Waals surface area contributed by atoms with E-state index in [-0.39, 0.29) is 17.3 Å². The van der Waals surface area contributed by atoms with Crippen LogP contribution in [0, 0.1) is 30.0 Å². The normalized spacial score (nSPS) is 14.0. The first kappa shape index (κ1) is 13.5. The van der Waals surface area contributed by atoms with Crippen LogP contribution in [0.5, 0.6) is 0 Å². The Labute approximate surface area is 112 Å². The first-order valence-electron chi connectivity index (χ1n) is 6.54. The molecular formula is C15H17FN2O. The summed E-state index contributed by atoms with van der Waals surface area (Å²) in [5.74, 6) is -0.0531. The van der Waals surface area contributed by atoms with Gasteiger partial charge in [0.1, 0.15) is 11.9 Å². The van der Waals surface area contributed by atoms with Crippen LogP contribution in [0.3, 0.4) is 0 Å². The zero-order valence-corrected chi connectivity index (χ0v) is 11.2. The average molecular weight is 260 g/mol. The summed E-state index contributed by atoms with van der Waals surface area (Å²) >= 11 is 0. The van der Waals surface area contributed by atoms with E-state index in [1.165, 1.54) is 12.1 Å². The maximum atomic E-state index is 13.5. The smallest absolute Gasteiger partial charge is 0.155 e. The van der Waals surface area contributed by atoms with E-state index in [1.807, 2.05) is 17.9 Å². The van der Waals surface area contributed by atoms with Gasteiger partial charge in [-0.05, 0) is 44.4 Å². The molecule has 1 aromatic carbocycles. The van der Waals surface area contributed by atoms with Crippen molar-refractivity contribution >= 4 is 11.5 Å². The molecule has 0 heterocycles. The number of Topliss-reactive ketones (excluding diaryl/α,β-unsaturated/α-hetero) is 1. The van der Waals surface area contributed by atoms with Gasteiger partial charge in [0.25, 0.3) is 0 Å². The molecule has 1 fully saturated rings. The van der Waals surface area contributed by atoms with Crippen LogP contribution in [0.1, 0.15) is 30.9 Å². The molecule has 1 aliphatic carbocycles. The van der Waals surface area contributed by atoms with Crippen molar-refractivity contribution in [1.82, 2.24) is 0 Å². The number of carbonyl (C=O) groups is 1. The Morgan fingerprint density at radius 3 is 2.74 bits per heavy atom. The number of ketones is 1. The van der Waals surface area contributed by atoms with Crippen molar-refractivity contribution in [3.8, 4) is 6.07 Å². The van der Waals surface area contributed by atoms with E-state index in [2.05, 4.69) is 0 Å². The average Bonchev–Trinajstić information content (AvgIpc) is 3.20. The summed E-state index contributed by atoms with van der Waals surface area (Å²) in [6.07, 6.45) is 1.98. The van der Waals surface area contributed by atoms with Gasteiger partial charge in [-0.1, -0.05) is 0 Å². The zero-order chi connectivity index (χ0) is 14.0. The second-order valence-electron chi connectivity index (χ2n) is 4.99. The quantitative estimate of drug-likeness (QED) is 0.817. The summed E-state index contributed by atoms with van der Waals surface area (Å²) in [5.41, 5.74) is 1.55. The minimum atomic E-state index is -0.506. The maximum absolute atomic E-state index is 13.5. The summed E-state index contributed by atoms with van der Waals surface area (Å²) in [5, 5.41) is 8.89. The van der Waals surface area contributed by atoms with Crippen LogP contribution in [0.2, 0.25) is 0 Å². The molecule has 0 radical (unpaired) electrons. The van der Waals surface area contributed by atoms with Crippen molar-refractivity contribution < 1.29 is 9.18 Å². The fourth-order valence-electron chi connectivity index (χ4n) is 2.18. The third kappa shape index (κ3) is 2.93. The molecule has 0 bridgehead atoms. The number of aryl methyl sites for hydroxylation is 1. The Kier molecular flexibility index (Phi) is 3.84. The lowest BCUT2D eigenvalue weighted by Gasteiger charge is -2.24. The number of rotatable bonds is 5. The van der Waals surface area contributed by atoms with Crippen molar-refractivity contribution in [2.45, 2.75) is 26.7 Å². The van der Waals surface area contributed by atoms with Gasteiger partial charge in [-0.25, -0.2) is 4.39 Å². The Balaban J connectivity index is 2.26. The number of hydrogen-bond donors (Lipinski definition) is 0. The number of hydrogen-bond acceptors (Lipinski definition) is 3. The van der Waals surface area contributed by atoms with Crippen LogP contribution in [0.15, 0.2) is 12.1 Å². The molecule has 0 spiro atoms. The molecule has 1 aromatic rings. The van der Waals surface area contributed by atoms with Crippen molar-refractivity contribution in [3.63, 3.8) is 0 Å². The number of likely N-dealkylation sites (N-methyl/N-ethyl adjacent to an activating group) is 1. The van der Waals surface area contributed by atoms with Gasteiger partial charge in [-0.2, -0.15) is 5.26 Å². The molecule has 4 heteroatoms. The van der Waals surface area contributed by atoms with Crippen LogP contribution in [-0.2, 0) is 4.79 Å². The van der Waals surface area contributed by atoms with Gasteiger partial charge in [0, 0.05) is 18.2 Å². The van der Waals surface area contributed by atoms with Crippen LogP contribution in [0.25, 0.3) is 0 Å². The lowest BCUT2D eigenvalue weighted by atomic mass is 10.1. The molecular weight excluding hydrogens is 243 g/mol. The monoisotopic (exact) mass is 260 g/mol. The summed E-state index contributed by atoms with van der Waals surface area (Å²) in [6.45, 7) is 4.76. The lowest BCUT2D eigenvalue weighted by molar-refractivity contribution is -0.118. The third-order valence-corrected chi connectivity index (χ3v) is 3.51. The highest BCUT2D eigenvalue weighted by molar-refractivity contribution is 5.87. The second kappa shape index (κ2) is 5.40. The molecule has 0 saturated heterocycles. The largest absolute Gasteiger partial charge is 0.364 e. The van der Waals surface area contributed by atoms with E-state index in [0.29, 0.717) is 13.1 Å². The maximum Gasteiger partial charge on any atom is 0.155 e. The summed E-state index contributed by atoms with van der Waals surface area (Å²) in [4.78, 5) is 13.8. The van der Waals surface area contributed by atoms with E-state index in [1.54, 1.807) is 6.92 Å². The first-order valence-corrected chi connectivity index (χ1v) is 6.54. The van der Waals surface area contributed by atoms with Gasteiger partial charge in [0.2, 0.25) is 0 Å². The van der Waals surface area contributed by atoms with Crippen LogP contribution in [-0.4, -0.2) is 18.9 Å². The topological polar surface area (TPSA) is 44.1 Å². The first-order chi connectivity index (χ1) is 9.06. The lowest BCUT2D eigenvalue weighted by Crippen LogP contribution is -2.31. The fraction of sp³-hybridized carbons (Fsp3) is 0.467. The van der Waals surface area contributed by atoms with Crippen LogP contribution >= 0.6 is 0 Å². The van der Waals surface area contributed by atoms with Crippen LogP contribution < -0.4 is 4.90 Å². The number of halogens is 1. The highest BCUT2D eigenvalue weighted by atomic mass is 19.1. The van der Waals surface area contributed by atoms with E-state index in [9.17, 15) is 9.18 Å². The predicted octanol–water partition coefficient (Wildman–Crippen LogP) is 2.81. The Bertz CT molecular complexity index is 544. The van der Waals surface area contributed by atoms with Gasteiger partial charge in [0.05, 0.1) is 12.1 Å². The number of nitrogens with zero attached hydrogens (tertiary/aromatic N) is 2. The van der Waals surface area contributed by atoms with Crippen molar-refractivity contribution in [3.05, 3.63) is 29.1 Å². The zero-order valence-electron chi connectivity index (χ0n) is 11.2. The van der Waals surface area contributed by atoms with E-state index < -0.39 is 5.82 Å². The molecule has 0 N–H and O–H groups in total. The minimum absolute atomic E-state index is 0.0259. The molecule has 3 nitrogen and oxygen atoms in total. The molecule has 0 aliphatic heterocycles. The highest BCUT2D eigenvalue weighted by Gasteiger charge is 2.30. The molecule has 1 saturated carbocycles. The van der Waals surface area contributed by atoms with Crippen molar-refractivity contribution in [1.29, 1.82) is 5.26 Å². The van der Waals surface area contributed by atoms with Gasteiger partial charge >= 0.3 is 0 Å². The van der Waals surface area contributed by atoms with Crippen molar-refractivity contribution in [2.24, 2.45) is 5.92 Å². The number of carbonyl (C=O) groups excluding carboxylic acids is 1. The Morgan fingerprint density at radius 2 is 2.21 bits per heavy atom. The van der Waals surface area contributed by atoms with Crippen LogP contribution in [0.4, 0.5) is 10.1 Å². The Morgan fingerprint density at radius 1 is 1.53 bits per heavy atom. The molecule has 1 aliphatic rings. The molecule has 19 heavy (non-hydrogen) atoms. The summed E-state index contributed by atoms with van der Waals surface area (Å²) < 4.78 is 13.5. The SMILES string of the molecule is CCN(CC(=O)C1CC1)c1cc(C#N)c(F)cc1C. The standard InChI is InChI=1S/C15H17FN2O/c1-3-18(9-15(19)11-4-5-11)14-7-12(8-17)13(16)6-10(14)2/h6-7,11H,3-5,9H2,1-2H3. The summed E-state index contributed by atoms with van der Waals surface area (Å²) in [6, 6.07) is 4.74. The van der Waals surface area contributed by atoms with Gasteiger partial charge in [-0.15, -0.1) is 0 Å². The molecule has 100 valence electrons. The second-order valence-corrected chi connectivity index (χ2v) is 4.99. The number of anilines is 1. The fourth-order valence-corrected chi connectivity index (χ4v) is 2.18. The molecule has 0 unspecified atom stereocenters. The predicted molar refractivity (Wildman–Crippen MR) is 71.5 cm³/mol. The van der Waals surface area contributed by atoms with Gasteiger partial charge in [-0.3, -0.25) is 4.79 Å². The third-order valence-electron chi connectivity index (χ3n) is 3.51. The minimum Gasteiger partial charge on any atom is -0.364 e.